The van der Waals surface area contributed by atoms with E-state index in [-0.39, 0.29) is 23.7 Å². The van der Waals surface area contributed by atoms with Crippen molar-refractivity contribution in [2.24, 2.45) is 5.92 Å². The summed E-state index contributed by atoms with van der Waals surface area (Å²) >= 11 is 0. The molecule has 0 radical (unpaired) electrons. The monoisotopic (exact) mass is 282 g/mol. The Morgan fingerprint density at radius 1 is 1.20 bits per heavy atom. The number of aliphatic hydroxyl groups excluding tert-OH is 2. The standard InChI is InChI=1S/C15H22O5/c1-10(8-16)4-3-5-15(2,20)12-7-13(18)11(9-17)6-14(12)19/h6-7,10,16-17,20H,3-5,8-9H2,1-2H3. The van der Waals surface area contributed by atoms with Crippen LogP contribution in [0.2, 0.25) is 0 Å². The van der Waals surface area contributed by atoms with Crippen molar-refractivity contribution < 1.29 is 24.9 Å². The van der Waals surface area contributed by atoms with Crippen molar-refractivity contribution in [1.82, 2.24) is 0 Å². The molecule has 1 rings (SSSR count). The van der Waals surface area contributed by atoms with Crippen LogP contribution in [-0.4, -0.2) is 45.7 Å². The summed E-state index contributed by atoms with van der Waals surface area (Å²) < 4.78 is 0. The average molecular weight is 282 g/mol. The van der Waals surface area contributed by atoms with Crippen molar-refractivity contribution >= 4 is 11.6 Å². The Bertz CT molecular complexity index is 445. The van der Waals surface area contributed by atoms with E-state index < -0.39 is 23.8 Å². The molecule has 0 saturated heterocycles. The smallest absolute Gasteiger partial charge is 0.185 e. The van der Waals surface area contributed by atoms with Crippen molar-refractivity contribution in [2.45, 2.75) is 38.7 Å². The number of allylic oxidation sites excluding steroid dienone is 2. The highest BCUT2D eigenvalue weighted by Crippen LogP contribution is 2.28. The minimum Gasteiger partial charge on any atom is -0.396 e. The van der Waals surface area contributed by atoms with Crippen LogP contribution < -0.4 is 0 Å². The molecule has 112 valence electrons. The number of hydrogen-bond acceptors (Lipinski definition) is 5. The van der Waals surface area contributed by atoms with Gasteiger partial charge in [-0.1, -0.05) is 6.92 Å². The first-order valence-corrected chi connectivity index (χ1v) is 6.77. The highest BCUT2D eigenvalue weighted by molar-refractivity contribution is 6.20. The van der Waals surface area contributed by atoms with E-state index >= 15 is 0 Å². The van der Waals surface area contributed by atoms with Gasteiger partial charge in [-0.05, 0) is 44.3 Å². The molecular weight excluding hydrogens is 260 g/mol. The minimum atomic E-state index is -1.38. The van der Waals surface area contributed by atoms with E-state index in [1.54, 1.807) is 0 Å². The topological polar surface area (TPSA) is 94.8 Å². The molecule has 0 heterocycles. The van der Waals surface area contributed by atoms with Gasteiger partial charge in [-0.25, -0.2) is 0 Å². The molecule has 1 aliphatic rings. The van der Waals surface area contributed by atoms with E-state index in [0.29, 0.717) is 12.8 Å². The maximum absolute atomic E-state index is 11.9. The molecule has 0 aromatic heterocycles. The molecular formula is C15H22O5. The number of carbonyl (C=O) groups excluding carboxylic acids is 2. The van der Waals surface area contributed by atoms with Crippen molar-refractivity contribution in [3.63, 3.8) is 0 Å². The van der Waals surface area contributed by atoms with E-state index in [4.69, 9.17) is 10.2 Å². The largest absolute Gasteiger partial charge is 0.396 e. The van der Waals surface area contributed by atoms with Gasteiger partial charge in [0, 0.05) is 17.8 Å². The first-order chi connectivity index (χ1) is 9.31. The second-order valence-electron chi connectivity index (χ2n) is 5.57. The molecule has 1 aliphatic carbocycles. The molecule has 0 saturated carbocycles. The molecule has 20 heavy (non-hydrogen) atoms. The number of carbonyl (C=O) groups is 2. The first-order valence-electron chi connectivity index (χ1n) is 6.77. The Kier molecular flexibility index (Phi) is 5.80. The molecule has 5 heteroatoms. The number of hydrogen-bond donors (Lipinski definition) is 3. The first kappa shape index (κ1) is 16.8. The van der Waals surface area contributed by atoms with E-state index in [1.165, 1.54) is 6.92 Å². The van der Waals surface area contributed by atoms with Gasteiger partial charge in [-0.15, -0.1) is 0 Å². The van der Waals surface area contributed by atoms with Gasteiger partial charge in [0.1, 0.15) is 0 Å². The Labute approximate surface area is 118 Å². The summed E-state index contributed by atoms with van der Waals surface area (Å²) in [5, 5.41) is 28.3. The van der Waals surface area contributed by atoms with Crippen LogP contribution in [0.4, 0.5) is 0 Å². The van der Waals surface area contributed by atoms with Crippen molar-refractivity contribution in [1.29, 1.82) is 0 Å². The van der Waals surface area contributed by atoms with Crippen molar-refractivity contribution in [3.8, 4) is 0 Å². The van der Waals surface area contributed by atoms with Gasteiger partial charge in [0.25, 0.3) is 0 Å². The van der Waals surface area contributed by atoms with Crippen LogP contribution in [0.1, 0.15) is 33.1 Å². The fourth-order valence-electron chi connectivity index (χ4n) is 2.17. The predicted molar refractivity (Wildman–Crippen MR) is 74.0 cm³/mol. The zero-order chi connectivity index (χ0) is 15.3. The van der Waals surface area contributed by atoms with Gasteiger partial charge in [0.2, 0.25) is 0 Å². The number of ketones is 2. The van der Waals surface area contributed by atoms with Crippen LogP contribution >= 0.6 is 0 Å². The highest BCUT2D eigenvalue weighted by atomic mass is 16.3. The summed E-state index contributed by atoms with van der Waals surface area (Å²) in [6, 6.07) is 0. The summed E-state index contributed by atoms with van der Waals surface area (Å²) in [5.41, 5.74) is -1.26. The summed E-state index contributed by atoms with van der Waals surface area (Å²) in [7, 11) is 0. The van der Waals surface area contributed by atoms with Gasteiger partial charge in [-0.2, -0.15) is 0 Å². The molecule has 3 N–H and O–H groups in total. The summed E-state index contributed by atoms with van der Waals surface area (Å²) in [6.45, 7) is 3.01. The van der Waals surface area contributed by atoms with Gasteiger partial charge < -0.3 is 15.3 Å². The van der Waals surface area contributed by atoms with Crippen LogP contribution in [-0.2, 0) is 9.59 Å². The molecule has 0 aromatic carbocycles. The van der Waals surface area contributed by atoms with Crippen molar-refractivity contribution in [2.75, 3.05) is 13.2 Å². The fourth-order valence-corrected chi connectivity index (χ4v) is 2.17. The normalized spacial score (nSPS) is 20.2. The Balaban J connectivity index is 2.73. The van der Waals surface area contributed by atoms with Crippen LogP contribution in [0.15, 0.2) is 23.3 Å². The average Bonchev–Trinajstić information content (AvgIpc) is 2.40. The summed E-state index contributed by atoms with van der Waals surface area (Å²) in [4.78, 5) is 23.6. The lowest BCUT2D eigenvalue weighted by Gasteiger charge is -2.27. The van der Waals surface area contributed by atoms with Gasteiger partial charge in [0.05, 0.1) is 12.2 Å². The van der Waals surface area contributed by atoms with Crippen LogP contribution in [0.25, 0.3) is 0 Å². The quantitative estimate of drug-likeness (QED) is 0.592. The number of aliphatic hydroxyl groups is 3. The highest BCUT2D eigenvalue weighted by Gasteiger charge is 2.33. The molecule has 0 amide bonds. The maximum atomic E-state index is 11.9. The van der Waals surface area contributed by atoms with E-state index in [2.05, 4.69) is 0 Å². The number of rotatable bonds is 7. The molecule has 2 unspecified atom stereocenters. The molecule has 0 fully saturated rings. The summed E-state index contributed by atoms with van der Waals surface area (Å²) in [5.74, 6) is -0.732. The lowest BCUT2D eigenvalue weighted by Crippen LogP contribution is -2.34. The Hall–Kier alpha value is -1.30. The van der Waals surface area contributed by atoms with E-state index in [1.807, 2.05) is 6.92 Å². The second-order valence-corrected chi connectivity index (χ2v) is 5.57. The lowest BCUT2D eigenvalue weighted by atomic mass is 9.82. The Morgan fingerprint density at radius 2 is 1.85 bits per heavy atom. The molecule has 5 nitrogen and oxygen atoms in total. The third-order valence-electron chi connectivity index (χ3n) is 3.59. The third kappa shape index (κ3) is 4.10. The predicted octanol–water partition coefficient (Wildman–Crippen LogP) is 0.533. The van der Waals surface area contributed by atoms with Gasteiger partial charge in [-0.3, -0.25) is 9.59 Å². The zero-order valence-electron chi connectivity index (χ0n) is 11.9. The SMILES string of the molecule is CC(CO)CCCC(C)(O)C1=CC(=O)C(CO)=CC1=O. The van der Waals surface area contributed by atoms with Gasteiger partial charge >= 0.3 is 0 Å². The fraction of sp³-hybridized carbons (Fsp3) is 0.600. The van der Waals surface area contributed by atoms with Crippen LogP contribution in [0, 0.1) is 5.92 Å². The molecule has 0 aliphatic heterocycles. The van der Waals surface area contributed by atoms with Crippen molar-refractivity contribution in [3.05, 3.63) is 23.3 Å². The molecule has 2 atom stereocenters. The zero-order valence-corrected chi connectivity index (χ0v) is 11.9. The van der Waals surface area contributed by atoms with Gasteiger partial charge in [0.15, 0.2) is 11.6 Å². The maximum Gasteiger partial charge on any atom is 0.185 e. The van der Waals surface area contributed by atoms with E-state index in [9.17, 15) is 14.7 Å². The summed E-state index contributed by atoms with van der Waals surface area (Å²) in [6.07, 6.45) is 3.92. The Morgan fingerprint density at radius 3 is 2.40 bits per heavy atom. The lowest BCUT2D eigenvalue weighted by molar-refractivity contribution is -0.117. The van der Waals surface area contributed by atoms with Crippen LogP contribution in [0.3, 0.4) is 0 Å². The molecule has 0 aromatic rings. The molecule has 0 spiro atoms. The third-order valence-corrected chi connectivity index (χ3v) is 3.59. The van der Waals surface area contributed by atoms with Crippen LogP contribution in [0.5, 0.6) is 0 Å². The van der Waals surface area contributed by atoms with E-state index in [0.717, 1.165) is 18.6 Å². The minimum absolute atomic E-state index is 0.0449. The second kappa shape index (κ2) is 6.92. The molecule has 0 bridgehead atoms.